The fraction of sp³-hybridized carbons (Fsp3) is 0. The average molecular weight is 426 g/mol. The second kappa shape index (κ2) is 12.3. The molecule has 0 fully saturated rings. The number of nitrogens with one attached hydrogen (secondary N) is 2. The molecule has 7 nitrogen and oxygen atoms in total. The van der Waals surface area contributed by atoms with Crippen molar-refractivity contribution in [3.8, 4) is 0 Å². The van der Waals surface area contributed by atoms with Gasteiger partial charge in [0.05, 0.1) is 11.3 Å². The summed E-state index contributed by atoms with van der Waals surface area (Å²) in [7, 11) is -4.94. The van der Waals surface area contributed by atoms with Crippen molar-refractivity contribution in [2.45, 2.75) is 0 Å². The molecular formula is C22H20ClN3O4. The molecule has 0 saturated heterocycles. The van der Waals surface area contributed by atoms with Crippen LogP contribution in [-0.4, -0.2) is 12.4 Å². The van der Waals surface area contributed by atoms with Crippen molar-refractivity contribution in [1.29, 1.82) is 0 Å². The van der Waals surface area contributed by atoms with E-state index in [1.54, 1.807) is 0 Å². The van der Waals surface area contributed by atoms with Crippen LogP contribution in [0.3, 0.4) is 0 Å². The Balaban J connectivity index is 0.000000575. The standard InChI is InChI=1S/C22H19N3.ClHO4/c1-4-10-20(11-5-1)23-16-19(17-24-21-12-6-2-7-13-21)18-25-22-14-8-3-9-15-22;2-1(3,4)5/h1-18,23H;(H,2,3,4,5). The highest BCUT2D eigenvalue weighted by Crippen LogP contribution is 2.10. The van der Waals surface area contributed by atoms with Crippen molar-refractivity contribution in [3.05, 3.63) is 103 Å². The van der Waals surface area contributed by atoms with Crippen LogP contribution in [0, 0.1) is 10.2 Å². The summed E-state index contributed by atoms with van der Waals surface area (Å²) in [6.07, 6.45) is 5.69. The first-order valence-corrected chi connectivity index (χ1v) is 10.0. The second-order valence-electron chi connectivity index (χ2n) is 5.78. The maximum absolute atomic E-state index is 8.49. The maximum atomic E-state index is 8.49. The van der Waals surface area contributed by atoms with Crippen molar-refractivity contribution < 1.29 is 33.9 Å². The second-order valence-corrected chi connectivity index (χ2v) is 6.54. The molecule has 0 spiro atoms. The SMILES string of the molecule is C(=Nc1ccccc1)/C(C=[NH+]c1ccccc1)=C/Nc1ccccc1.[O-][Cl+3]([O-])([O-])[O-]. The Labute approximate surface area is 176 Å². The zero-order valence-corrected chi connectivity index (χ0v) is 16.6. The number of hydrogen-bond donors (Lipinski definition) is 2. The van der Waals surface area contributed by atoms with E-state index in [2.05, 4.69) is 15.3 Å². The number of para-hydroxylation sites is 3. The van der Waals surface area contributed by atoms with Crippen molar-refractivity contribution in [1.82, 2.24) is 0 Å². The summed E-state index contributed by atoms with van der Waals surface area (Å²) in [5.41, 5.74) is 3.90. The number of aliphatic imine (C=N–C) groups is 1. The molecule has 3 aromatic carbocycles. The van der Waals surface area contributed by atoms with E-state index in [4.69, 9.17) is 18.6 Å². The fourth-order valence-corrected chi connectivity index (χ4v) is 2.18. The Morgan fingerprint density at radius 2 is 1.27 bits per heavy atom. The topological polar surface area (TPSA) is 131 Å². The summed E-state index contributed by atoms with van der Waals surface area (Å²) in [6.45, 7) is 0. The number of nitrogens with zero attached hydrogens (tertiary/aromatic N) is 1. The average Bonchev–Trinajstić information content (AvgIpc) is 2.74. The van der Waals surface area contributed by atoms with Crippen LogP contribution in [-0.2, 0) is 0 Å². The van der Waals surface area contributed by atoms with Crippen LogP contribution in [0.1, 0.15) is 0 Å². The van der Waals surface area contributed by atoms with E-state index in [1.807, 2.05) is 110 Å². The molecule has 0 radical (unpaired) electrons. The van der Waals surface area contributed by atoms with Crippen LogP contribution in [0.15, 0.2) is 108 Å². The minimum Gasteiger partial charge on any atom is -0.361 e. The van der Waals surface area contributed by atoms with E-state index in [0.29, 0.717) is 0 Å². The number of allylic oxidation sites excluding steroid dienone is 1. The Kier molecular flexibility index (Phi) is 9.39. The predicted molar refractivity (Wildman–Crippen MR) is 106 cm³/mol. The monoisotopic (exact) mass is 425 g/mol. The van der Waals surface area contributed by atoms with E-state index >= 15 is 0 Å². The highest BCUT2D eigenvalue weighted by molar-refractivity contribution is 6.03. The largest absolute Gasteiger partial charge is 0.361 e. The number of hydrogen-bond acceptors (Lipinski definition) is 6. The predicted octanol–water partition coefficient (Wildman–Crippen LogP) is -0.888. The highest BCUT2D eigenvalue weighted by Gasteiger charge is 1.97. The van der Waals surface area contributed by atoms with Crippen molar-refractivity contribution in [2.24, 2.45) is 4.99 Å². The summed E-state index contributed by atoms with van der Waals surface area (Å²) in [5.74, 6) is 0. The molecule has 3 rings (SSSR count). The summed E-state index contributed by atoms with van der Waals surface area (Å²) in [5, 5.41) is 3.29. The minimum atomic E-state index is -4.94. The van der Waals surface area contributed by atoms with Crippen LogP contribution in [0.5, 0.6) is 0 Å². The molecule has 0 aliphatic heterocycles. The van der Waals surface area contributed by atoms with E-state index in [-0.39, 0.29) is 0 Å². The van der Waals surface area contributed by atoms with Gasteiger partial charge in [0, 0.05) is 30.2 Å². The zero-order valence-electron chi connectivity index (χ0n) is 15.9. The molecule has 0 aliphatic carbocycles. The fourth-order valence-electron chi connectivity index (χ4n) is 2.18. The number of halogens is 1. The third-order valence-corrected chi connectivity index (χ3v) is 3.48. The van der Waals surface area contributed by atoms with Gasteiger partial charge in [0.15, 0.2) is 6.21 Å². The summed E-state index contributed by atoms with van der Waals surface area (Å²) in [4.78, 5) is 7.82. The smallest absolute Gasteiger partial charge is 0.203 e. The third kappa shape index (κ3) is 10.9. The molecule has 3 aromatic rings. The van der Waals surface area contributed by atoms with Gasteiger partial charge >= 0.3 is 0 Å². The van der Waals surface area contributed by atoms with Crippen molar-refractivity contribution in [2.75, 3.05) is 5.32 Å². The van der Waals surface area contributed by atoms with Gasteiger partial charge in [-0.25, -0.2) is 23.6 Å². The molecule has 0 aliphatic rings. The van der Waals surface area contributed by atoms with Crippen LogP contribution in [0.25, 0.3) is 0 Å². The van der Waals surface area contributed by atoms with Gasteiger partial charge in [-0.15, -0.1) is 10.2 Å². The molecule has 0 aromatic heterocycles. The van der Waals surface area contributed by atoms with E-state index in [1.165, 1.54) is 0 Å². The lowest BCUT2D eigenvalue weighted by Gasteiger charge is -2.17. The quantitative estimate of drug-likeness (QED) is 0.495. The van der Waals surface area contributed by atoms with E-state index in [0.717, 1.165) is 22.6 Å². The molecular weight excluding hydrogens is 406 g/mol. The molecule has 0 bridgehead atoms. The molecule has 0 heterocycles. The summed E-state index contributed by atoms with van der Waals surface area (Å²) < 4.78 is 34.0. The highest BCUT2D eigenvalue weighted by atomic mass is 35.7. The maximum Gasteiger partial charge on any atom is 0.203 e. The van der Waals surface area contributed by atoms with Crippen LogP contribution in [0.2, 0.25) is 0 Å². The Hall–Kier alpha value is -3.33. The number of benzene rings is 3. The van der Waals surface area contributed by atoms with Gasteiger partial charge < -0.3 is 5.32 Å². The van der Waals surface area contributed by atoms with E-state index in [9.17, 15) is 0 Å². The van der Waals surface area contributed by atoms with Crippen LogP contribution in [0.4, 0.5) is 17.1 Å². The molecule has 154 valence electrons. The van der Waals surface area contributed by atoms with Crippen LogP contribution >= 0.6 is 0 Å². The van der Waals surface area contributed by atoms with Crippen LogP contribution < -0.4 is 28.9 Å². The van der Waals surface area contributed by atoms with Crippen molar-refractivity contribution in [3.63, 3.8) is 0 Å². The van der Waals surface area contributed by atoms with Gasteiger partial charge in [-0.3, -0.25) is 4.99 Å². The third-order valence-electron chi connectivity index (χ3n) is 3.48. The van der Waals surface area contributed by atoms with Gasteiger partial charge in [0.1, 0.15) is 0 Å². The lowest BCUT2D eigenvalue weighted by atomic mass is 10.3. The molecule has 0 saturated carbocycles. The van der Waals surface area contributed by atoms with Gasteiger partial charge in [-0.2, -0.15) is 0 Å². The molecule has 0 amide bonds. The minimum absolute atomic E-state index is 0.918. The molecule has 30 heavy (non-hydrogen) atoms. The van der Waals surface area contributed by atoms with Gasteiger partial charge in [-0.1, -0.05) is 54.6 Å². The van der Waals surface area contributed by atoms with Gasteiger partial charge in [0.2, 0.25) is 5.69 Å². The van der Waals surface area contributed by atoms with Gasteiger partial charge in [0.25, 0.3) is 0 Å². The normalized spacial score (nSPS) is 11.9. The zero-order chi connectivity index (χ0) is 21.7. The lowest BCUT2D eigenvalue weighted by molar-refractivity contribution is -2.00. The first-order valence-electron chi connectivity index (χ1n) is 8.77. The van der Waals surface area contributed by atoms with Crippen molar-refractivity contribution >= 4 is 29.5 Å². The Morgan fingerprint density at radius 3 is 1.83 bits per heavy atom. The Morgan fingerprint density at radius 1 is 0.767 bits per heavy atom. The lowest BCUT2D eigenvalue weighted by Crippen LogP contribution is -2.68. The molecule has 0 unspecified atom stereocenters. The summed E-state index contributed by atoms with van der Waals surface area (Å²) >= 11 is 0. The molecule has 2 N–H and O–H groups in total. The van der Waals surface area contributed by atoms with Gasteiger partial charge in [-0.05, 0) is 24.3 Å². The first kappa shape index (κ1) is 23.0. The first-order chi connectivity index (χ1) is 14.4. The summed E-state index contributed by atoms with van der Waals surface area (Å²) in [6, 6.07) is 30.0. The Bertz CT molecular complexity index is 900. The number of rotatable bonds is 6. The van der Waals surface area contributed by atoms with E-state index < -0.39 is 10.2 Å². The molecule has 0 atom stereocenters. The number of anilines is 1. The molecule has 8 heteroatoms.